The minimum absolute atomic E-state index is 0.00873. The first-order valence-electron chi connectivity index (χ1n) is 6.68. The average Bonchev–Trinajstić information content (AvgIpc) is 3.16. The molecule has 1 aromatic carbocycles. The van der Waals surface area contributed by atoms with Gasteiger partial charge in [0.2, 0.25) is 0 Å². The number of carboxylic acids is 1. The van der Waals surface area contributed by atoms with Crippen LogP contribution in [0.5, 0.6) is 0 Å². The van der Waals surface area contributed by atoms with E-state index in [4.69, 9.17) is 5.73 Å². The molecule has 1 heterocycles. The molecule has 0 spiro atoms. The Hall–Kier alpha value is -2.37. The van der Waals surface area contributed by atoms with E-state index in [1.165, 1.54) is 12.8 Å². The molecule has 1 aliphatic rings. The molecule has 104 valence electrons. The summed E-state index contributed by atoms with van der Waals surface area (Å²) in [5, 5.41) is 17.0. The normalized spacial score (nSPS) is 14.4. The van der Waals surface area contributed by atoms with E-state index in [-0.39, 0.29) is 5.69 Å². The van der Waals surface area contributed by atoms with E-state index in [2.05, 4.69) is 10.3 Å². The van der Waals surface area contributed by atoms with Gasteiger partial charge in [0.15, 0.2) is 5.69 Å². The molecule has 1 aliphatic carbocycles. The maximum Gasteiger partial charge on any atom is 0.358 e. The van der Waals surface area contributed by atoms with Gasteiger partial charge < -0.3 is 10.8 Å². The Morgan fingerprint density at radius 1 is 1.35 bits per heavy atom. The van der Waals surface area contributed by atoms with Crippen LogP contribution in [0, 0.1) is 5.92 Å². The average molecular weight is 272 g/mol. The fourth-order valence-corrected chi connectivity index (χ4v) is 2.25. The van der Waals surface area contributed by atoms with Crippen LogP contribution < -0.4 is 5.73 Å². The van der Waals surface area contributed by atoms with Crippen molar-refractivity contribution in [2.45, 2.75) is 25.8 Å². The van der Waals surface area contributed by atoms with E-state index in [9.17, 15) is 9.90 Å². The zero-order chi connectivity index (χ0) is 14.1. The Balaban J connectivity index is 1.97. The molecule has 0 aliphatic heterocycles. The first kappa shape index (κ1) is 12.7. The fraction of sp³-hybridized carbons (Fsp3) is 0.357. The molecule has 6 heteroatoms. The van der Waals surface area contributed by atoms with Gasteiger partial charge in [-0.2, -0.15) is 0 Å². The molecule has 0 radical (unpaired) electrons. The van der Waals surface area contributed by atoms with Crippen molar-refractivity contribution in [1.29, 1.82) is 0 Å². The van der Waals surface area contributed by atoms with E-state index in [0.29, 0.717) is 17.9 Å². The predicted molar refractivity (Wildman–Crippen MR) is 74.2 cm³/mol. The minimum atomic E-state index is -1.06. The largest absolute Gasteiger partial charge is 0.476 e. The van der Waals surface area contributed by atoms with Crippen LogP contribution >= 0.6 is 0 Å². The number of carboxylic acid groups (broad SMARTS) is 1. The number of anilines is 1. The van der Waals surface area contributed by atoms with E-state index >= 15 is 0 Å². The monoisotopic (exact) mass is 272 g/mol. The highest BCUT2D eigenvalue weighted by molar-refractivity contribution is 5.92. The van der Waals surface area contributed by atoms with Gasteiger partial charge in [0.05, 0.1) is 0 Å². The molecule has 1 aromatic heterocycles. The predicted octanol–water partition coefficient (Wildman–Crippen LogP) is 2.03. The highest BCUT2D eigenvalue weighted by atomic mass is 16.4. The molecule has 0 unspecified atom stereocenters. The Labute approximate surface area is 116 Å². The molecule has 3 N–H and O–H groups in total. The molecule has 0 bridgehead atoms. The minimum Gasteiger partial charge on any atom is -0.476 e. The molecule has 0 atom stereocenters. The maximum absolute atomic E-state index is 11.3. The molecule has 6 nitrogen and oxygen atoms in total. The van der Waals surface area contributed by atoms with Gasteiger partial charge in [-0.25, -0.2) is 9.48 Å². The van der Waals surface area contributed by atoms with Crippen molar-refractivity contribution in [3.63, 3.8) is 0 Å². The van der Waals surface area contributed by atoms with Gasteiger partial charge in [0, 0.05) is 17.8 Å². The zero-order valence-electron chi connectivity index (χ0n) is 11.0. The highest BCUT2D eigenvalue weighted by Crippen LogP contribution is 2.33. The lowest BCUT2D eigenvalue weighted by Gasteiger charge is -2.07. The van der Waals surface area contributed by atoms with Crippen molar-refractivity contribution in [2.75, 3.05) is 5.73 Å². The van der Waals surface area contributed by atoms with Gasteiger partial charge in [-0.3, -0.25) is 0 Å². The third-order valence-corrected chi connectivity index (χ3v) is 3.57. The van der Waals surface area contributed by atoms with Crippen LogP contribution in [0.2, 0.25) is 0 Å². The number of benzene rings is 1. The molecule has 0 amide bonds. The Morgan fingerprint density at radius 3 is 2.65 bits per heavy atom. The number of aryl methyl sites for hydroxylation is 1. The second-order valence-corrected chi connectivity index (χ2v) is 5.17. The van der Waals surface area contributed by atoms with E-state index in [0.717, 1.165) is 17.9 Å². The number of aromatic carboxylic acids is 1. The van der Waals surface area contributed by atoms with E-state index in [1.54, 1.807) is 28.9 Å². The van der Waals surface area contributed by atoms with Gasteiger partial charge in [0.1, 0.15) is 5.69 Å². The van der Waals surface area contributed by atoms with Crippen LogP contribution in [0.15, 0.2) is 24.3 Å². The van der Waals surface area contributed by atoms with Crippen LogP contribution in [-0.2, 0) is 6.54 Å². The van der Waals surface area contributed by atoms with Gasteiger partial charge >= 0.3 is 5.97 Å². The summed E-state index contributed by atoms with van der Waals surface area (Å²) >= 11 is 0. The van der Waals surface area contributed by atoms with Gasteiger partial charge in [-0.1, -0.05) is 30.2 Å². The van der Waals surface area contributed by atoms with Crippen LogP contribution in [0.1, 0.15) is 29.8 Å². The lowest BCUT2D eigenvalue weighted by atomic mass is 10.1. The summed E-state index contributed by atoms with van der Waals surface area (Å²) in [6, 6.07) is 7.10. The number of nitrogen functional groups attached to an aromatic ring is 1. The number of nitrogens with two attached hydrogens (primary N) is 1. The number of nitrogens with zero attached hydrogens (tertiary/aromatic N) is 3. The number of hydrogen-bond acceptors (Lipinski definition) is 4. The lowest BCUT2D eigenvalue weighted by molar-refractivity contribution is 0.0691. The summed E-state index contributed by atoms with van der Waals surface area (Å²) < 4.78 is 1.69. The van der Waals surface area contributed by atoms with E-state index in [1.807, 2.05) is 0 Å². The summed E-state index contributed by atoms with van der Waals surface area (Å²) in [5.74, 6) is -0.304. The molecule has 20 heavy (non-hydrogen) atoms. The zero-order valence-corrected chi connectivity index (χ0v) is 11.0. The first-order valence-corrected chi connectivity index (χ1v) is 6.68. The van der Waals surface area contributed by atoms with Gasteiger partial charge in [0.25, 0.3) is 0 Å². The second-order valence-electron chi connectivity index (χ2n) is 5.17. The summed E-state index contributed by atoms with van der Waals surface area (Å²) in [7, 11) is 0. The smallest absolute Gasteiger partial charge is 0.358 e. The van der Waals surface area contributed by atoms with E-state index < -0.39 is 5.97 Å². The lowest BCUT2D eigenvalue weighted by Crippen LogP contribution is -2.05. The van der Waals surface area contributed by atoms with Crippen molar-refractivity contribution >= 4 is 11.7 Å². The fourth-order valence-electron chi connectivity index (χ4n) is 2.25. The summed E-state index contributed by atoms with van der Waals surface area (Å²) in [5.41, 5.74) is 7.63. The molecule has 2 aromatic rings. The van der Waals surface area contributed by atoms with Crippen molar-refractivity contribution in [3.05, 3.63) is 30.0 Å². The van der Waals surface area contributed by atoms with Gasteiger partial charge in [-0.05, 0) is 24.5 Å². The molecule has 1 saturated carbocycles. The number of rotatable bonds is 5. The molecule has 1 fully saturated rings. The maximum atomic E-state index is 11.3. The molecule has 3 rings (SSSR count). The van der Waals surface area contributed by atoms with Crippen LogP contribution in [0.25, 0.3) is 11.3 Å². The van der Waals surface area contributed by atoms with Crippen LogP contribution in [-0.4, -0.2) is 26.1 Å². The highest BCUT2D eigenvalue weighted by Gasteiger charge is 2.24. The summed E-state index contributed by atoms with van der Waals surface area (Å²) in [6.45, 7) is 0.699. The SMILES string of the molecule is Nc1ccc(-c2c(C(=O)O)nnn2CCC2CC2)cc1. The number of carbonyl (C=O) groups is 1. The Morgan fingerprint density at radius 2 is 2.05 bits per heavy atom. The Kier molecular flexibility index (Phi) is 3.14. The third-order valence-electron chi connectivity index (χ3n) is 3.57. The Bertz CT molecular complexity index is 629. The number of hydrogen-bond donors (Lipinski definition) is 2. The van der Waals surface area contributed by atoms with Crippen molar-refractivity contribution in [3.8, 4) is 11.3 Å². The quantitative estimate of drug-likeness (QED) is 0.812. The molecular formula is C14H16N4O2. The third kappa shape index (κ3) is 2.49. The van der Waals surface area contributed by atoms with Gasteiger partial charge in [-0.15, -0.1) is 5.10 Å². The van der Waals surface area contributed by atoms with Crippen molar-refractivity contribution in [2.24, 2.45) is 5.92 Å². The standard InChI is InChI=1S/C14H16N4O2/c15-11-5-3-10(4-6-11)13-12(14(19)20)16-17-18(13)8-7-9-1-2-9/h3-6,9H,1-2,7-8,15H2,(H,19,20). The summed E-state index contributed by atoms with van der Waals surface area (Å²) in [4.78, 5) is 11.3. The topological polar surface area (TPSA) is 94.0 Å². The summed E-state index contributed by atoms with van der Waals surface area (Å²) in [6.07, 6.45) is 3.54. The second kappa shape index (κ2) is 4.96. The van der Waals surface area contributed by atoms with Crippen LogP contribution in [0.4, 0.5) is 5.69 Å². The van der Waals surface area contributed by atoms with Crippen molar-refractivity contribution < 1.29 is 9.90 Å². The number of aromatic nitrogens is 3. The van der Waals surface area contributed by atoms with Crippen molar-refractivity contribution in [1.82, 2.24) is 15.0 Å². The first-order chi connectivity index (χ1) is 9.65. The van der Waals surface area contributed by atoms with Crippen LogP contribution in [0.3, 0.4) is 0 Å². The molecule has 0 saturated heterocycles. The molecular weight excluding hydrogens is 256 g/mol.